The first kappa shape index (κ1) is 14.1. The van der Waals surface area contributed by atoms with Crippen LogP contribution in [0.1, 0.15) is 19.3 Å². The zero-order valence-electron chi connectivity index (χ0n) is 12.2. The van der Waals surface area contributed by atoms with E-state index in [1.165, 1.54) is 0 Å². The van der Waals surface area contributed by atoms with Crippen molar-refractivity contribution in [2.24, 2.45) is 18.7 Å². The molecule has 7 nitrogen and oxygen atoms in total. The van der Waals surface area contributed by atoms with Gasteiger partial charge in [-0.3, -0.25) is 14.3 Å². The number of carbonyl (C=O) groups is 2. The van der Waals surface area contributed by atoms with Gasteiger partial charge in [-0.15, -0.1) is 0 Å². The molecular formula is C14H21N5O2. The zero-order chi connectivity index (χ0) is 15.0. The second kappa shape index (κ2) is 5.48. The number of aromatic nitrogens is 2. The Morgan fingerprint density at radius 1 is 1.38 bits per heavy atom. The molecule has 0 radical (unpaired) electrons. The van der Waals surface area contributed by atoms with E-state index in [4.69, 9.17) is 5.73 Å². The maximum absolute atomic E-state index is 12.5. The maximum Gasteiger partial charge on any atom is 0.246 e. The Morgan fingerprint density at radius 3 is 2.76 bits per heavy atom. The number of hydrogen-bond acceptors (Lipinski definition) is 4. The lowest BCUT2D eigenvalue weighted by Crippen LogP contribution is -2.54. The van der Waals surface area contributed by atoms with E-state index in [2.05, 4.69) is 5.10 Å². The van der Waals surface area contributed by atoms with Crippen LogP contribution in [0.5, 0.6) is 0 Å². The van der Waals surface area contributed by atoms with Crippen molar-refractivity contribution in [3.8, 4) is 0 Å². The summed E-state index contributed by atoms with van der Waals surface area (Å²) in [6, 6.07) is -0.0519. The topological polar surface area (TPSA) is 84.5 Å². The molecule has 2 amide bonds. The highest BCUT2D eigenvalue weighted by Crippen LogP contribution is 2.27. The number of anilines is 1. The fraction of sp³-hybridized carbons (Fsp3) is 0.643. The highest BCUT2D eigenvalue weighted by atomic mass is 16.2. The summed E-state index contributed by atoms with van der Waals surface area (Å²) in [4.78, 5) is 28.1. The van der Waals surface area contributed by atoms with Gasteiger partial charge in [0.05, 0.1) is 17.8 Å². The molecule has 2 aliphatic rings. The van der Waals surface area contributed by atoms with E-state index in [0.29, 0.717) is 13.1 Å². The Kier molecular flexibility index (Phi) is 3.67. The minimum absolute atomic E-state index is 0.0409. The zero-order valence-corrected chi connectivity index (χ0v) is 12.2. The van der Waals surface area contributed by atoms with Crippen molar-refractivity contribution in [2.45, 2.75) is 25.3 Å². The molecule has 1 saturated carbocycles. The van der Waals surface area contributed by atoms with Gasteiger partial charge in [0.25, 0.3) is 0 Å². The van der Waals surface area contributed by atoms with Crippen LogP contribution in [-0.2, 0) is 16.6 Å². The standard InChI is InChI=1S/C14H21N5O2/c1-17-8-10(7-16-17)19-6-5-18(9-13(19)20)14(21)11-3-2-4-12(11)15/h7-8,11-12H,2-6,9,15H2,1H3/t11-,12-/m1/s1. The second-order valence-corrected chi connectivity index (χ2v) is 5.88. The van der Waals surface area contributed by atoms with E-state index in [1.807, 2.05) is 13.2 Å². The lowest BCUT2D eigenvalue weighted by atomic mass is 10.0. The lowest BCUT2D eigenvalue weighted by molar-refractivity contribution is -0.140. The average Bonchev–Trinajstić information content (AvgIpc) is 3.06. The Balaban J connectivity index is 1.65. The summed E-state index contributed by atoms with van der Waals surface area (Å²) in [5.41, 5.74) is 6.77. The predicted molar refractivity (Wildman–Crippen MR) is 77.5 cm³/mol. The molecule has 1 saturated heterocycles. The predicted octanol–water partition coefficient (Wildman–Crippen LogP) is -0.277. The van der Waals surface area contributed by atoms with Crippen LogP contribution in [0.15, 0.2) is 12.4 Å². The molecule has 1 aromatic rings. The number of aryl methyl sites for hydroxylation is 1. The number of piperazine rings is 1. The molecule has 0 spiro atoms. The van der Waals surface area contributed by atoms with E-state index < -0.39 is 0 Å². The van der Waals surface area contributed by atoms with Crippen LogP contribution in [0.25, 0.3) is 0 Å². The summed E-state index contributed by atoms with van der Waals surface area (Å²) in [6.45, 7) is 1.21. The summed E-state index contributed by atoms with van der Waals surface area (Å²) in [5, 5.41) is 4.08. The van der Waals surface area contributed by atoms with Crippen LogP contribution in [0.4, 0.5) is 5.69 Å². The first-order valence-corrected chi connectivity index (χ1v) is 7.39. The summed E-state index contributed by atoms with van der Waals surface area (Å²) in [5.74, 6) is -0.129. The van der Waals surface area contributed by atoms with Crippen LogP contribution in [0.3, 0.4) is 0 Å². The van der Waals surface area contributed by atoms with Gasteiger partial charge < -0.3 is 15.5 Å². The van der Waals surface area contributed by atoms with Gasteiger partial charge in [0.1, 0.15) is 6.54 Å². The van der Waals surface area contributed by atoms with Gasteiger partial charge in [-0.2, -0.15) is 5.10 Å². The Bertz CT molecular complexity index is 555. The third kappa shape index (κ3) is 2.65. The molecule has 21 heavy (non-hydrogen) atoms. The Hall–Kier alpha value is -1.89. The van der Waals surface area contributed by atoms with E-state index in [0.717, 1.165) is 24.9 Å². The molecule has 2 heterocycles. The summed E-state index contributed by atoms with van der Waals surface area (Å²) >= 11 is 0. The van der Waals surface area contributed by atoms with Crippen molar-refractivity contribution in [1.29, 1.82) is 0 Å². The highest BCUT2D eigenvalue weighted by molar-refractivity contribution is 5.98. The van der Waals surface area contributed by atoms with Gasteiger partial charge in [0.15, 0.2) is 0 Å². The third-order valence-corrected chi connectivity index (χ3v) is 4.42. The van der Waals surface area contributed by atoms with Crippen molar-refractivity contribution < 1.29 is 9.59 Å². The summed E-state index contributed by atoms with van der Waals surface area (Å²) in [6.07, 6.45) is 6.22. The maximum atomic E-state index is 12.5. The smallest absolute Gasteiger partial charge is 0.246 e. The first-order chi connectivity index (χ1) is 10.1. The minimum Gasteiger partial charge on any atom is -0.331 e. The van der Waals surface area contributed by atoms with Gasteiger partial charge >= 0.3 is 0 Å². The first-order valence-electron chi connectivity index (χ1n) is 7.39. The summed E-state index contributed by atoms with van der Waals surface area (Å²) in [7, 11) is 1.81. The lowest BCUT2D eigenvalue weighted by Gasteiger charge is -2.35. The fourth-order valence-corrected chi connectivity index (χ4v) is 3.21. The van der Waals surface area contributed by atoms with E-state index in [1.54, 1.807) is 20.7 Å². The molecule has 114 valence electrons. The van der Waals surface area contributed by atoms with Gasteiger partial charge in [0.2, 0.25) is 11.8 Å². The molecule has 2 N–H and O–H groups in total. The molecule has 1 aliphatic heterocycles. The van der Waals surface area contributed by atoms with Crippen molar-refractivity contribution in [1.82, 2.24) is 14.7 Å². The van der Waals surface area contributed by atoms with Crippen LogP contribution in [-0.4, -0.2) is 52.2 Å². The molecule has 1 aromatic heterocycles. The van der Waals surface area contributed by atoms with Crippen molar-refractivity contribution in [2.75, 3.05) is 24.5 Å². The number of amides is 2. The van der Waals surface area contributed by atoms with Crippen LogP contribution in [0, 0.1) is 5.92 Å². The Morgan fingerprint density at radius 2 is 2.19 bits per heavy atom. The van der Waals surface area contributed by atoms with Gasteiger partial charge in [-0.05, 0) is 12.8 Å². The third-order valence-electron chi connectivity index (χ3n) is 4.42. The second-order valence-electron chi connectivity index (χ2n) is 5.88. The molecule has 0 aromatic carbocycles. The van der Waals surface area contributed by atoms with E-state index in [9.17, 15) is 9.59 Å². The van der Waals surface area contributed by atoms with E-state index in [-0.39, 0.29) is 30.3 Å². The molecule has 1 aliphatic carbocycles. The fourth-order valence-electron chi connectivity index (χ4n) is 3.21. The van der Waals surface area contributed by atoms with Gasteiger partial charge in [-0.25, -0.2) is 0 Å². The molecule has 2 fully saturated rings. The van der Waals surface area contributed by atoms with Gasteiger partial charge in [-0.1, -0.05) is 6.42 Å². The number of nitrogens with two attached hydrogens (primary N) is 1. The SMILES string of the molecule is Cn1cc(N2CCN(C(=O)[C@@H]3CCC[C@H]3N)CC2=O)cn1. The Labute approximate surface area is 123 Å². The molecule has 0 unspecified atom stereocenters. The molecule has 7 heteroatoms. The quantitative estimate of drug-likeness (QED) is 0.812. The normalized spacial score (nSPS) is 26.5. The van der Waals surface area contributed by atoms with Crippen molar-refractivity contribution >= 4 is 17.5 Å². The molecule has 0 bridgehead atoms. The minimum atomic E-state index is -0.109. The summed E-state index contributed by atoms with van der Waals surface area (Å²) < 4.78 is 1.66. The molecule has 3 rings (SSSR count). The van der Waals surface area contributed by atoms with Crippen molar-refractivity contribution in [3.05, 3.63) is 12.4 Å². The van der Waals surface area contributed by atoms with Crippen molar-refractivity contribution in [3.63, 3.8) is 0 Å². The number of hydrogen-bond donors (Lipinski definition) is 1. The average molecular weight is 291 g/mol. The van der Waals surface area contributed by atoms with E-state index >= 15 is 0 Å². The molecule has 2 atom stereocenters. The van der Waals surface area contributed by atoms with Gasteiger partial charge in [0, 0.05) is 32.4 Å². The molecular weight excluding hydrogens is 270 g/mol. The van der Waals surface area contributed by atoms with Crippen LogP contribution in [0.2, 0.25) is 0 Å². The number of carbonyl (C=O) groups excluding carboxylic acids is 2. The van der Waals surface area contributed by atoms with Crippen LogP contribution >= 0.6 is 0 Å². The van der Waals surface area contributed by atoms with Crippen LogP contribution < -0.4 is 10.6 Å². The number of nitrogens with zero attached hydrogens (tertiary/aromatic N) is 4. The number of rotatable bonds is 2. The highest BCUT2D eigenvalue weighted by Gasteiger charge is 2.36. The largest absolute Gasteiger partial charge is 0.331 e. The monoisotopic (exact) mass is 291 g/mol.